The summed E-state index contributed by atoms with van der Waals surface area (Å²) in [6, 6.07) is 14.0. The van der Waals surface area contributed by atoms with Crippen LogP contribution in [0.3, 0.4) is 0 Å². The van der Waals surface area contributed by atoms with Gasteiger partial charge in [0.1, 0.15) is 6.54 Å². The van der Waals surface area contributed by atoms with Gasteiger partial charge in [-0.15, -0.1) is 0 Å². The van der Waals surface area contributed by atoms with Crippen molar-refractivity contribution in [1.29, 1.82) is 0 Å². The highest BCUT2D eigenvalue weighted by molar-refractivity contribution is 7.92. The minimum absolute atomic E-state index is 0.183. The van der Waals surface area contributed by atoms with Crippen LogP contribution in [0.1, 0.15) is 36.8 Å². The summed E-state index contributed by atoms with van der Waals surface area (Å²) < 4.78 is 28.0. The molecule has 2 aliphatic carbocycles. The molecule has 0 aromatic heterocycles. The van der Waals surface area contributed by atoms with Crippen molar-refractivity contribution in [3.63, 3.8) is 0 Å². The zero-order valence-corrected chi connectivity index (χ0v) is 17.8. The van der Waals surface area contributed by atoms with E-state index in [9.17, 15) is 13.2 Å². The Bertz CT molecular complexity index is 1000. The number of hydrogen-bond acceptors (Lipinski definition) is 3. The van der Waals surface area contributed by atoms with Crippen LogP contribution in [0.5, 0.6) is 0 Å². The van der Waals surface area contributed by atoms with Crippen LogP contribution >= 0.6 is 0 Å². The lowest BCUT2D eigenvalue weighted by Gasteiger charge is -2.27. The molecule has 154 valence electrons. The van der Waals surface area contributed by atoms with Crippen LogP contribution in [-0.4, -0.2) is 26.9 Å². The predicted molar refractivity (Wildman–Crippen MR) is 114 cm³/mol. The molecule has 2 saturated carbocycles. The molecule has 4 rings (SSSR count). The minimum atomic E-state index is -3.85. The van der Waals surface area contributed by atoms with Gasteiger partial charge >= 0.3 is 0 Å². The fourth-order valence-electron chi connectivity index (χ4n) is 4.72. The number of hydrogen-bond donors (Lipinski definition) is 1. The predicted octanol–water partition coefficient (Wildman–Crippen LogP) is 3.80. The smallest absolute Gasteiger partial charge is 0.264 e. The molecule has 29 heavy (non-hydrogen) atoms. The fourth-order valence-corrected chi connectivity index (χ4v) is 6.15. The van der Waals surface area contributed by atoms with Gasteiger partial charge in [-0.3, -0.25) is 9.10 Å². The first kappa shape index (κ1) is 20.0. The second-order valence-corrected chi connectivity index (χ2v) is 10.3. The maximum atomic E-state index is 13.4. The summed E-state index contributed by atoms with van der Waals surface area (Å²) >= 11 is 0. The van der Waals surface area contributed by atoms with Crippen molar-refractivity contribution >= 4 is 21.6 Å². The maximum Gasteiger partial charge on any atom is 0.264 e. The highest BCUT2D eigenvalue weighted by atomic mass is 32.2. The van der Waals surface area contributed by atoms with Crippen LogP contribution in [0.15, 0.2) is 53.4 Å². The van der Waals surface area contributed by atoms with E-state index in [0.717, 1.165) is 17.5 Å². The van der Waals surface area contributed by atoms with Crippen molar-refractivity contribution in [2.75, 3.05) is 10.8 Å². The third-order valence-corrected chi connectivity index (χ3v) is 8.27. The Kier molecular flexibility index (Phi) is 5.38. The Morgan fingerprint density at radius 1 is 1.03 bits per heavy atom. The fraction of sp³-hybridized carbons (Fsp3) is 0.435. The summed E-state index contributed by atoms with van der Waals surface area (Å²) in [7, 11) is -3.85. The van der Waals surface area contributed by atoms with E-state index in [1.54, 1.807) is 36.4 Å². The van der Waals surface area contributed by atoms with E-state index in [0.29, 0.717) is 17.5 Å². The number of sulfonamides is 1. The molecule has 0 aliphatic heterocycles. The van der Waals surface area contributed by atoms with Crippen LogP contribution in [0, 0.1) is 25.7 Å². The van der Waals surface area contributed by atoms with Gasteiger partial charge in [0.05, 0.1) is 10.6 Å². The van der Waals surface area contributed by atoms with Crippen molar-refractivity contribution < 1.29 is 13.2 Å². The molecule has 0 heterocycles. The van der Waals surface area contributed by atoms with Crippen molar-refractivity contribution in [3.05, 3.63) is 59.7 Å². The SMILES string of the molecule is Cc1ccc(N(CC(=O)N[C@H]2C[C@H]3CC[C@H]2C3)S(=O)(=O)c2ccccc2)cc1C. The zero-order chi connectivity index (χ0) is 20.6. The molecule has 6 heteroatoms. The van der Waals surface area contributed by atoms with Gasteiger partial charge in [-0.05, 0) is 80.3 Å². The van der Waals surface area contributed by atoms with Crippen molar-refractivity contribution in [2.24, 2.45) is 11.8 Å². The second-order valence-electron chi connectivity index (χ2n) is 8.44. The quantitative estimate of drug-likeness (QED) is 0.785. The second kappa shape index (κ2) is 7.82. The Balaban J connectivity index is 1.61. The van der Waals surface area contributed by atoms with Crippen molar-refractivity contribution in [3.8, 4) is 0 Å². The van der Waals surface area contributed by atoms with Gasteiger partial charge in [0.15, 0.2) is 0 Å². The number of carbonyl (C=O) groups excluding carboxylic acids is 1. The lowest BCUT2D eigenvalue weighted by molar-refractivity contribution is -0.120. The van der Waals surface area contributed by atoms with Gasteiger partial charge in [0.2, 0.25) is 5.91 Å². The van der Waals surface area contributed by atoms with Crippen LogP contribution in [0.25, 0.3) is 0 Å². The van der Waals surface area contributed by atoms with Gasteiger partial charge in [0, 0.05) is 6.04 Å². The number of fused-ring (bicyclic) bond motifs is 2. The number of anilines is 1. The molecule has 0 saturated heterocycles. The van der Waals surface area contributed by atoms with Crippen LogP contribution in [0.4, 0.5) is 5.69 Å². The summed E-state index contributed by atoms with van der Waals surface area (Å²) in [6.07, 6.45) is 4.63. The van der Waals surface area contributed by atoms with E-state index in [-0.39, 0.29) is 23.4 Å². The van der Waals surface area contributed by atoms with Crippen LogP contribution < -0.4 is 9.62 Å². The Morgan fingerprint density at radius 2 is 1.79 bits per heavy atom. The number of nitrogens with one attached hydrogen (secondary N) is 1. The normalized spacial score (nSPS) is 23.2. The molecule has 2 aromatic carbocycles. The molecule has 2 aromatic rings. The van der Waals surface area contributed by atoms with Crippen molar-refractivity contribution in [2.45, 2.75) is 50.5 Å². The molecule has 2 aliphatic rings. The molecular formula is C23H28N2O3S. The monoisotopic (exact) mass is 412 g/mol. The molecular weight excluding hydrogens is 384 g/mol. The van der Waals surface area contributed by atoms with E-state index in [1.165, 1.54) is 23.6 Å². The standard InChI is InChI=1S/C23H28N2O3S/c1-16-8-11-20(12-17(16)2)25(29(27,28)21-6-4-3-5-7-21)15-23(26)24-22-14-18-9-10-19(22)13-18/h3-8,11-12,18-19,22H,9-10,13-15H2,1-2H3,(H,24,26)/t18-,19-,22-/m0/s1. The molecule has 5 nitrogen and oxygen atoms in total. The van der Waals surface area contributed by atoms with E-state index in [2.05, 4.69) is 5.32 Å². The van der Waals surface area contributed by atoms with Gasteiger partial charge in [-0.2, -0.15) is 0 Å². The average Bonchev–Trinajstić information content (AvgIpc) is 3.32. The van der Waals surface area contributed by atoms with Gasteiger partial charge in [0.25, 0.3) is 10.0 Å². The average molecular weight is 413 g/mol. The van der Waals surface area contributed by atoms with E-state index >= 15 is 0 Å². The summed E-state index contributed by atoms with van der Waals surface area (Å²) in [5.41, 5.74) is 2.58. The zero-order valence-electron chi connectivity index (χ0n) is 17.0. The number of nitrogens with zero attached hydrogens (tertiary/aromatic N) is 1. The summed E-state index contributed by atoms with van der Waals surface area (Å²) in [6.45, 7) is 3.71. The number of carbonyl (C=O) groups is 1. The van der Waals surface area contributed by atoms with Gasteiger partial charge in [-0.25, -0.2) is 8.42 Å². The van der Waals surface area contributed by atoms with E-state index < -0.39 is 10.0 Å². The molecule has 2 bridgehead atoms. The molecule has 0 spiro atoms. The highest BCUT2D eigenvalue weighted by Gasteiger charge is 2.40. The highest BCUT2D eigenvalue weighted by Crippen LogP contribution is 2.44. The first-order valence-electron chi connectivity index (χ1n) is 10.3. The number of aryl methyl sites for hydroxylation is 2. The third-order valence-electron chi connectivity index (χ3n) is 6.48. The van der Waals surface area contributed by atoms with E-state index in [1.807, 2.05) is 26.0 Å². The molecule has 1 N–H and O–H groups in total. The number of rotatable bonds is 6. The van der Waals surface area contributed by atoms with Gasteiger partial charge < -0.3 is 5.32 Å². The van der Waals surface area contributed by atoms with E-state index in [4.69, 9.17) is 0 Å². The third kappa shape index (κ3) is 4.04. The Hall–Kier alpha value is -2.34. The largest absolute Gasteiger partial charge is 0.352 e. The van der Waals surface area contributed by atoms with Crippen molar-refractivity contribution in [1.82, 2.24) is 5.32 Å². The summed E-state index contributed by atoms with van der Waals surface area (Å²) in [4.78, 5) is 13.1. The van der Waals surface area contributed by atoms with Gasteiger partial charge in [-0.1, -0.05) is 30.7 Å². The lowest BCUT2D eigenvalue weighted by Crippen LogP contribution is -2.46. The summed E-state index contributed by atoms with van der Waals surface area (Å²) in [5, 5.41) is 3.12. The number of benzene rings is 2. The molecule has 2 fully saturated rings. The first-order chi connectivity index (χ1) is 13.8. The van der Waals surface area contributed by atoms with Crippen LogP contribution in [-0.2, 0) is 14.8 Å². The maximum absolute atomic E-state index is 13.4. The molecule has 0 unspecified atom stereocenters. The molecule has 3 atom stereocenters. The first-order valence-corrected chi connectivity index (χ1v) is 11.7. The Morgan fingerprint density at radius 3 is 2.41 bits per heavy atom. The lowest BCUT2D eigenvalue weighted by atomic mass is 9.95. The van der Waals surface area contributed by atoms with Crippen LogP contribution in [0.2, 0.25) is 0 Å². The molecule has 1 amide bonds. The summed E-state index contributed by atoms with van der Waals surface area (Å²) in [5.74, 6) is 1.03. The number of amides is 1. The Labute approximate surface area is 173 Å². The minimum Gasteiger partial charge on any atom is -0.352 e. The topological polar surface area (TPSA) is 66.5 Å². The molecule has 0 radical (unpaired) electrons.